The third-order valence-electron chi connectivity index (χ3n) is 4.47. The molecule has 0 radical (unpaired) electrons. The fraction of sp³-hybridized carbons (Fsp3) is 0.929. The molecular weight excluding hydrogens is 212 g/mol. The van der Waals surface area contributed by atoms with Gasteiger partial charge in [0.15, 0.2) is 0 Å². The third-order valence-corrected chi connectivity index (χ3v) is 4.47. The van der Waals surface area contributed by atoms with E-state index in [0.29, 0.717) is 18.2 Å². The number of nitrogens with one attached hydrogen (secondary N) is 1. The number of carbonyl (C=O) groups is 1. The molecule has 2 fully saturated rings. The zero-order valence-corrected chi connectivity index (χ0v) is 11.1. The zero-order valence-electron chi connectivity index (χ0n) is 11.1. The molecular formula is C14H26N2O. The van der Waals surface area contributed by atoms with Gasteiger partial charge in [-0.05, 0) is 31.6 Å². The number of piperazine rings is 1. The quantitative estimate of drug-likeness (QED) is 0.809. The summed E-state index contributed by atoms with van der Waals surface area (Å²) in [5.41, 5.74) is 0. The Bertz CT molecular complexity index is 241. The Balaban J connectivity index is 1.72. The van der Waals surface area contributed by atoms with Crippen molar-refractivity contribution >= 4 is 5.78 Å². The van der Waals surface area contributed by atoms with Crippen LogP contribution in [0.2, 0.25) is 0 Å². The number of rotatable bonds is 4. The summed E-state index contributed by atoms with van der Waals surface area (Å²) in [6, 6.07) is 0. The number of ketones is 1. The Morgan fingerprint density at radius 2 is 1.82 bits per heavy atom. The van der Waals surface area contributed by atoms with Crippen molar-refractivity contribution in [2.45, 2.75) is 39.0 Å². The molecule has 0 aromatic heterocycles. The van der Waals surface area contributed by atoms with E-state index >= 15 is 0 Å². The van der Waals surface area contributed by atoms with Crippen LogP contribution >= 0.6 is 0 Å². The van der Waals surface area contributed by atoms with Gasteiger partial charge in [-0.3, -0.25) is 9.69 Å². The standard InChI is InChI=1S/C14H26N2O/c1-2-12-3-5-13(6-4-12)14(17)11-16-9-7-15-8-10-16/h12-13,15H,2-11H2,1H3. The first kappa shape index (κ1) is 13.0. The summed E-state index contributed by atoms with van der Waals surface area (Å²) in [4.78, 5) is 14.5. The van der Waals surface area contributed by atoms with Crippen LogP contribution in [-0.2, 0) is 4.79 Å². The van der Waals surface area contributed by atoms with Crippen molar-refractivity contribution < 1.29 is 4.79 Å². The van der Waals surface area contributed by atoms with Gasteiger partial charge in [-0.2, -0.15) is 0 Å². The van der Waals surface area contributed by atoms with Crippen molar-refractivity contribution in [3.8, 4) is 0 Å². The first-order valence-corrected chi connectivity index (χ1v) is 7.25. The molecule has 3 nitrogen and oxygen atoms in total. The maximum absolute atomic E-state index is 12.2. The molecule has 1 aliphatic heterocycles. The number of hydrogen-bond donors (Lipinski definition) is 1. The third kappa shape index (κ3) is 3.78. The predicted octanol–water partition coefficient (Wildman–Crippen LogP) is 1.68. The highest BCUT2D eigenvalue weighted by Crippen LogP contribution is 2.31. The van der Waals surface area contributed by atoms with Crippen LogP contribution in [-0.4, -0.2) is 43.4 Å². The Labute approximate surface area is 105 Å². The van der Waals surface area contributed by atoms with Crippen LogP contribution in [0.4, 0.5) is 0 Å². The summed E-state index contributed by atoms with van der Waals surface area (Å²) in [6.45, 7) is 7.12. The number of carbonyl (C=O) groups excluding carboxylic acids is 1. The topological polar surface area (TPSA) is 32.3 Å². The number of nitrogens with zero attached hydrogens (tertiary/aromatic N) is 1. The molecule has 2 aliphatic rings. The monoisotopic (exact) mass is 238 g/mol. The first-order chi connectivity index (χ1) is 8.29. The van der Waals surface area contributed by atoms with E-state index in [1.54, 1.807) is 0 Å². The minimum atomic E-state index is 0.368. The highest BCUT2D eigenvalue weighted by Gasteiger charge is 2.26. The van der Waals surface area contributed by atoms with Crippen LogP contribution in [0.15, 0.2) is 0 Å². The van der Waals surface area contributed by atoms with Crippen molar-refractivity contribution in [2.24, 2.45) is 11.8 Å². The number of hydrogen-bond acceptors (Lipinski definition) is 3. The van der Waals surface area contributed by atoms with Gasteiger partial charge >= 0.3 is 0 Å². The first-order valence-electron chi connectivity index (χ1n) is 7.25. The summed E-state index contributed by atoms with van der Waals surface area (Å²) in [5, 5.41) is 3.33. The summed E-state index contributed by atoms with van der Waals surface area (Å²) >= 11 is 0. The summed E-state index contributed by atoms with van der Waals surface area (Å²) in [6.07, 6.45) is 6.12. The highest BCUT2D eigenvalue weighted by molar-refractivity contribution is 5.83. The van der Waals surface area contributed by atoms with E-state index in [-0.39, 0.29) is 0 Å². The summed E-state index contributed by atoms with van der Waals surface area (Å²) in [7, 11) is 0. The zero-order chi connectivity index (χ0) is 12.1. The van der Waals surface area contributed by atoms with E-state index in [2.05, 4.69) is 17.1 Å². The fourth-order valence-electron chi connectivity index (χ4n) is 3.11. The van der Waals surface area contributed by atoms with Gasteiger partial charge in [-0.1, -0.05) is 13.3 Å². The molecule has 1 N–H and O–H groups in total. The molecule has 1 aliphatic carbocycles. The molecule has 3 heteroatoms. The van der Waals surface area contributed by atoms with Gasteiger partial charge in [-0.15, -0.1) is 0 Å². The Hall–Kier alpha value is -0.410. The van der Waals surface area contributed by atoms with E-state index < -0.39 is 0 Å². The molecule has 1 saturated carbocycles. The van der Waals surface area contributed by atoms with E-state index in [4.69, 9.17) is 0 Å². The Morgan fingerprint density at radius 3 is 2.41 bits per heavy atom. The molecule has 0 atom stereocenters. The second kappa shape index (κ2) is 6.50. The molecule has 0 amide bonds. The second-order valence-corrected chi connectivity index (χ2v) is 5.62. The van der Waals surface area contributed by atoms with Gasteiger partial charge in [0.2, 0.25) is 0 Å². The highest BCUT2D eigenvalue weighted by atomic mass is 16.1. The van der Waals surface area contributed by atoms with Crippen molar-refractivity contribution in [3.63, 3.8) is 0 Å². The minimum absolute atomic E-state index is 0.368. The van der Waals surface area contributed by atoms with Crippen LogP contribution in [0.3, 0.4) is 0 Å². The van der Waals surface area contributed by atoms with Crippen molar-refractivity contribution in [3.05, 3.63) is 0 Å². The molecule has 98 valence electrons. The second-order valence-electron chi connectivity index (χ2n) is 5.62. The normalized spacial score (nSPS) is 31.4. The van der Waals surface area contributed by atoms with Crippen molar-refractivity contribution in [2.75, 3.05) is 32.7 Å². The number of Topliss-reactive ketones (excluding diaryl/α,β-unsaturated/α-hetero) is 1. The van der Waals surface area contributed by atoms with Gasteiger partial charge < -0.3 is 5.32 Å². The lowest BCUT2D eigenvalue weighted by atomic mass is 9.79. The van der Waals surface area contributed by atoms with Gasteiger partial charge in [0.1, 0.15) is 5.78 Å². The molecule has 0 unspecified atom stereocenters. The average Bonchev–Trinajstić information content (AvgIpc) is 2.40. The van der Waals surface area contributed by atoms with Crippen LogP contribution in [0.25, 0.3) is 0 Å². The lowest BCUT2D eigenvalue weighted by molar-refractivity contribution is -0.125. The Morgan fingerprint density at radius 1 is 1.18 bits per heavy atom. The van der Waals surface area contributed by atoms with Crippen LogP contribution < -0.4 is 5.32 Å². The average molecular weight is 238 g/mol. The van der Waals surface area contributed by atoms with Crippen molar-refractivity contribution in [1.29, 1.82) is 0 Å². The van der Waals surface area contributed by atoms with E-state index in [1.807, 2.05) is 0 Å². The summed E-state index contributed by atoms with van der Waals surface area (Å²) in [5.74, 6) is 1.76. The van der Waals surface area contributed by atoms with E-state index in [1.165, 1.54) is 19.3 Å². The molecule has 1 saturated heterocycles. The van der Waals surface area contributed by atoms with Crippen molar-refractivity contribution in [1.82, 2.24) is 10.2 Å². The van der Waals surface area contributed by atoms with Gasteiger partial charge in [0.25, 0.3) is 0 Å². The van der Waals surface area contributed by atoms with Crippen LogP contribution in [0.5, 0.6) is 0 Å². The molecule has 0 spiro atoms. The molecule has 17 heavy (non-hydrogen) atoms. The lowest BCUT2D eigenvalue weighted by Gasteiger charge is -2.31. The minimum Gasteiger partial charge on any atom is -0.314 e. The fourth-order valence-corrected chi connectivity index (χ4v) is 3.11. The maximum atomic E-state index is 12.2. The van der Waals surface area contributed by atoms with Gasteiger partial charge in [0, 0.05) is 32.1 Å². The van der Waals surface area contributed by atoms with Crippen LogP contribution in [0.1, 0.15) is 39.0 Å². The van der Waals surface area contributed by atoms with E-state index in [9.17, 15) is 4.79 Å². The molecule has 0 bridgehead atoms. The molecule has 0 aromatic carbocycles. The van der Waals surface area contributed by atoms with Gasteiger partial charge in [0.05, 0.1) is 6.54 Å². The summed E-state index contributed by atoms with van der Waals surface area (Å²) < 4.78 is 0. The smallest absolute Gasteiger partial charge is 0.149 e. The molecule has 1 heterocycles. The lowest BCUT2D eigenvalue weighted by Crippen LogP contribution is -2.46. The maximum Gasteiger partial charge on any atom is 0.149 e. The van der Waals surface area contributed by atoms with Crippen LogP contribution in [0, 0.1) is 11.8 Å². The Kier molecular flexibility index (Phi) is 4.99. The van der Waals surface area contributed by atoms with E-state index in [0.717, 1.165) is 44.9 Å². The van der Waals surface area contributed by atoms with Gasteiger partial charge in [-0.25, -0.2) is 0 Å². The largest absolute Gasteiger partial charge is 0.314 e. The predicted molar refractivity (Wildman–Crippen MR) is 70.1 cm³/mol. The molecule has 2 rings (SSSR count). The molecule has 0 aromatic rings. The SMILES string of the molecule is CCC1CCC(C(=O)CN2CCNCC2)CC1.